The zero-order valence-electron chi connectivity index (χ0n) is 35.8. The summed E-state index contributed by atoms with van der Waals surface area (Å²) in [5.74, 6) is -1.84. The molecule has 0 radical (unpaired) electrons. The first-order chi connectivity index (χ1) is 29.6. The zero-order valence-corrected chi connectivity index (χ0v) is 37.5. The predicted octanol–water partition coefficient (Wildman–Crippen LogP) is 4.40. The number of sulfone groups is 2. The van der Waals surface area contributed by atoms with Crippen LogP contribution in [0.1, 0.15) is 117 Å². The van der Waals surface area contributed by atoms with Crippen LogP contribution >= 0.6 is 0 Å². The number of Topliss-reactive ketones (excluding diaryl/α,β-unsaturated/α-hetero) is 2. The number of benzene rings is 2. The predicted molar refractivity (Wildman–Crippen MR) is 228 cm³/mol. The van der Waals surface area contributed by atoms with Gasteiger partial charge in [0.1, 0.15) is 17.2 Å². The Hall–Kier alpha value is -5.05. The molecule has 1 saturated carbocycles. The van der Waals surface area contributed by atoms with Gasteiger partial charge in [-0.05, 0) is 152 Å². The molecule has 0 bridgehead atoms. The maximum Gasteiger partial charge on any atom is 0.373 e. The number of ketones is 2. The molecule has 2 heterocycles. The SMILES string of the molecule is CN(C(=O)c1cc(S(=O)(=O)CC(=O)Cc2c3c(cc4c2CCC4)CCC3)nn1C)C1CCCC1.Cn1ccc(S(=O)(=O)CC(=O)Cc2c3c(cc4c2CCC4)CCC3)n1.O=C=O. The summed E-state index contributed by atoms with van der Waals surface area (Å²) in [5, 5.41) is 7.83. The lowest BCUT2D eigenvalue weighted by Gasteiger charge is -2.24. The first-order valence-corrected chi connectivity index (χ1v) is 25.0. The molecule has 0 N–H and O–H groups in total. The van der Waals surface area contributed by atoms with Crippen LogP contribution in [0.15, 0.2) is 40.5 Å². The topological polar surface area (TPSA) is 193 Å². The van der Waals surface area contributed by atoms with E-state index in [1.54, 1.807) is 32.2 Å². The molecule has 0 atom stereocenters. The maximum absolute atomic E-state index is 13.1. The molecule has 330 valence electrons. The fraction of sp³-hybridized carbons (Fsp3) is 0.522. The number of hydrogen-bond donors (Lipinski definition) is 0. The summed E-state index contributed by atoms with van der Waals surface area (Å²) >= 11 is 0. The molecule has 2 aromatic carbocycles. The van der Waals surface area contributed by atoms with Crippen LogP contribution in [0.2, 0.25) is 0 Å². The van der Waals surface area contributed by atoms with Gasteiger partial charge in [-0.1, -0.05) is 25.0 Å². The van der Waals surface area contributed by atoms with E-state index in [-0.39, 0.29) is 58.3 Å². The lowest BCUT2D eigenvalue weighted by atomic mass is 9.91. The number of fused-ring (bicyclic) bond motifs is 4. The van der Waals surface area contributed by atoms with Gasteiger partial charge in [-0.15, -0.1) is 0 Å². The second kappa shape index (κ2) is 18.7. The van der Waals surface area contributed by atoms with Crippen molar-refractivity contribution in [2.24, 2.45) is 14.1 Å². The van der Waals surface area contributed by atoms with Crippen LogP contribution in [-0.4, -0.2) is 89.5 Å². The molecule has 9 rings (SSSR count). The van der Waals surface area contributed by atoms with Crippen LogP contribution in [-0.2, 0) is 117 Å². The molecule has 16 heteroatoms. The van der Waals surface area contributed by atoms with E-state index < -0.39 is 31.2 Å². The van der Waals surface area contributed by atoms with Crippen molar-refractivity contribution in [3.05, 3.63) is 91.8 Å². The minimum atomic E-state index is -3.94. The Bertz CT molecular complexity index is 2600. The Morgan fingerprint density at radius 2 is 1.06 bits per heavy atom. The Morgan fingerprint density at radius 3 is 1.47 bits per heavy atom. The van der Waals surface area contributed by atoms with Crippen LogP contribution in [0.3, 0.4) is 0 Å². The van der Waals surface area contributed by atoms with Crippen LogP contribution < -0.4 is 0 Å². The van der Waals surface area contributed by atoms with E-state index >= 15 is 0 Å². The van der Waals surface area contributed by atoms with Crippen molar-refractivity contribution in [1.82, 2.24) is 24.5 Å². The third-order valence-electron chi connectivity index (χ3n) is 13.2. The monoisotopic (exact) mass is 885 g/mol. The second-order valence-corrected chi connectivity index (χ2v) is 21.3. The molecule has 0 saturated heterocycles. The van der Waals surface area contributed by atoms with Gasteiger partial charge in [-0.25, -0.2) is 16.8 Å². The van der Waals surface area contributed by atoms with Gasteiger partial charge in [0.15, 0.2) is 21.6 Å². The van der Waals surface area contributed by atoms with Crippen molar-refractivity contribution in [2.75, 3.05) is 18.6 Å². The number of amides is 1. The average Bonchev–Trinajstić information content (AvgIpc) is 4.05. The Kier molecular flexibility index (Phi) is 13.6. The fourth-order valence-electron chi connectivity index (χ4n) is 10.4. The van der Waals surface area contributed by atoms with E-state index in [4.69, 9.17) is 9.59 Å². The normalized spacial score (nSPS) is 16.3. The summed E-state index contributed by atoms with van der Waals surface area (Å²) in [6.07, 6.45) is 19.0. The molecule has 5 aliphatic rings. The van der Waals surface area contributed by atoms with Gasteiger partial charge in [0.25, 0.3) is 5.91 Å². The number of aromatic nitrogens is 4. The van der Waals surface area contributed by atoms with Gasteiger partial charge in [-0.2, -0.15) is 19.8 Å². The highest BCUT2D eigenvalue weighted by Gasteiger charge is 2.32. The number of aryl methyl sites for hydroxylation is 6. The van der Waals surface area contributed by atoms with Crippen LogP contribution in [0.5, 0.6) is 0 Å². The lowest BCUT2D eigenvalue weighted by molar-refractivity contribution is -0.191. The van der Waals surface area contributed by atoms with E-state index in [1.807, 2.05) is 0 Å². The molecule has 1 fully saturated rings. The molecule has 0 spiro atoms. The van der Waals surface area contributed by atoms with E-state index in [9.17, 15) is 31.2 Å². The van der Waals surface area contributed by atoms with Gasteiger partial charge in [0.2, 0.25) is 19.7 Å². The van der Waals surface area contributed by atoms with E-state index in [0.717, 1.165) is 114 Å². The molecular formula is C46H55N5O9S2. The van der Waals surface area contributed by atoms with Crippen molar-refractivity contribution in [3.8, 4) is 0 Å². The van der Waals surface area contributed by atoms with Gasteiger partial charge in [0, 0.05) is 52.3 Å². The number of hydrogen-bond acceptors (Lipinski definition) is 11. The van der Waals surface area contributed by atoms with Gasteiger partial charge >= 0.3 is 6.15 Å². The first-order valence-electron chi connectivity index (χ1n) is 21.7. The first kappa shape index (κ1) is 45.0. The molecule has 4 aromatic rings. The van der Waals surface area contributed by atoms with Crippen molar-refractivity contribution >= 4 is 43.3 Å². The third-order valence-corrected chi connectivity index (χ3v) is 16.3. The molecule has 5 aliphatic carbocycles. The number of carbonyl (C=O) groups is 3. The standard InChI is InChI=1S/C26H33N3O4S.C19H22N2O3S.CO2/c1-28(19-9-3-4-10-19)26(31)24-15-25(27-29(24)2)34(32,33)16-20(30)14-23-21-11-5-7-17(21)13-18-8-6-12-22(18)23;1-21-9-8-19(20-21)25(23,24)12-15(22)11-18-16-6-2-4-13(16)10-14-5-3-7-17(14)18;2-1-3/h13,15,19H,3-12,14,16H2,1-2H3;8-10H,2-7,11-12H2,1H3;. The quantitative estimate of drug-likeness (QED) is 0.196. The summed E-state index contributed by atoms with van der Waals surface area (Å²) in [6, 6.07) is 7.58. The van der Waals surface area contributed by atoms with Crippen molar-refractivity contribution < 1.29 is 40.8 Å². The largest absolute Gasteiger partial charge is 0.373 e. The minimum Gasteiger partial charge on any atom is -0.337 e. The number of nitrogens with zero attached hydrogens (tertiary/aromatic N) is 5. The highest BCUT2D eigenvalue weighted by Crippen LogP contribution is 2.37. The zero-order chi connectivity index (χ0) is 44.3. The Morgan fingerprint density at radius 1 is 0.645 bits per heavy atom. The molecule has 1 amide bonds. The van der Waals surface area contributed by atoms with Crippen LogP contribution in [0, 0.1) is 0 Å². The molecule has 2 aromatic heterocycles. The van der Waals surface area contributed by atoms with E-state index in [1.165, 1.54) is 66.0 Å². The summed E-state index contributed by atoms with van der Waals surface area (Å²) in [6.45, 7) is 0. The second-order valence-electron chi connectivity index (χ2n) is 17.4. The van der Waals surface area contributed by atoms with Gasteiger partial charge in [-0.3, -0.25) is 23.7 Å². The fourth-order valence-corrected chi connectivity index (χ4v) is 12.8. The van der Waals surface area contributed by atoms with Crippen molar-refractivity contribution in [2.45, 2.75) is 132 Å². The summed E-state index contributed by atoms with van der Waals surface area (Å²) in [5.41, 5.74) is 13.0. The summed E-state index contributed by atoms with van der Waals surface area (Å²) in [4.78, 5) is 56.5. The van der Waals surface area contributed by atoms with Crippen LogP contribution in [0.4, 0.5) is 0 Å². The minimum absolute atomic E-state index is 0.0214. The maximum atomic E-state index is 13.1. The average molecular weight is 886 g/mol. The van der Waals surface area contributed by atoms with Crippen molar-refractivity contribution in [3.63, 3.8) is 0 Å². The highest BCUT2D eigenvalue weighted by molar-refractivity contribution is 7.92. The molecule has 14 nitrogen and oxygen atoms in total. The lowest BCUT2D eigenvalue weighted by Crippen LogP contribution is -2.36. The van der Waals surface area contributed by atoms with Crippen molar-refractivity contribution in [1.29, 1.82) is 0 Å². The molecule has 0 unspecified atom stereocenters. The number of carbonyl (C=O) groups excluding carboxylic acids is 5. The van der Waals surface area contributed by atoms with E-state index in [0.29, 0.717) is 0 Å². The Balaban J connectivity index is 0.000000183. The highest BCUT2D eigenvalue weighted by atomic mass is 32.2. The molecule has 0 aliphatic heterocycles. The molecule has 62 heavy (non-hydrogen) atoms. The summed E-state index contributed by atoms with van der Waals surface area (Å²) < 4.78 is 53.8. The smallest absolute Gasteiger partial charge is 0.337 e. The van der Waals surface area contributed by atoms with E-state index in [2.05, 4.69) is 22.3 Å². The van der Waals surface area contributed by atoms with Crippen LogP contribution in [0.25, 0.3) is 0 Å². The number of rotatable bonds is 12. The Labute approximate surface area is 363 Å². The molecular weight excluding hydrogens is 831 g/mol. The summed E-state index contributed by atoms with van der Waals surface area (Å²) in [7, 11) is -2.60. The van der Waals surface area contributed by atoms with Gasteiger partial charge in [0.05, 0.1) is 0 Å². The third kappa shape index (κ3) is 9.62. The van der Waals surface area contributed by atoms with Gasteiger partial charge < -0.3 is 4.90 Å².